The third-order valence-corrected chi connectivity index (χ3v) is 4.16. The lowest BCUT2D eigenvalue weighted by atomic mass is 10.2. The molecule has 0 aliphatic heterocycles. The van der Waals surface area contributed by atoms with E-state index < -0.39 is 29.0 Å². The van der Waals surface area contributed by atoms with Gasteiger partial charge >= 0.3 is 11.9 Å². The number of hydrogen-bond acceptors (Lipinski definition) is 4. The molecule has 28 heavy (non-hydrogen) atoms. The second-order valence-electron chi connectivity index (χ2n) is 5.65. The summed E-state index contributed by atoms with van der Waals surface area (Å²) in [5.74, 6) is -0.569. The summed E-state index contributed by atoms with van der Waals surface area (Å²) >= 11 is 6.03. The van der Waals surface area contributed by atoms with Gasteiger partial charge in [0.25, 0.3) is 11.5 Å². The first kappa shape index (κ1) is 19.4. The van der Waals surface area contributed by atoms with Gasteiger partial charge in [-0.25, -0.2) is 9.36 Å². The third kappa shape index (κ3) is 3.56. The van der Waals surface area contributed by atoms with Crippen molar-refractivity contribution in [3.8, 4) is 5.69 Å². The monoisotopic (exact) mass is 413 g/mol. The summed E-state index contributed by atoms with van der Waals surface area (Å²) in [4.78, 5) is 36.7. The van der Waals surface area contributed by atoms with E-state index in [-0.39, 0.29) is 22.0 Å². The quantitative estimate of drug-likeness (QED) is 0.687. The predicted octanol–water partition coefficient (Wildman–Crippen LogP) is 2.18. The topological polar surface area (TPSA) is 102 Å². The van der Waals surface area contributed by atoms with Crippen LogP contribution >= 0.6 is 11.6 Å². The number of amides is 1. The molecule has 0 atom stereocenters. The maximum absolute atomic E-state index is 13.0. The molecule has 0 spiro atoms. The molecule has 0 radical (unpaired) electrons. The number of aromatic amines is 1. The molecule has 1 amide bonds. The molecule has 1 aromatic carbocycles. The molecule has 0 fully saturated rings. The molecule has 3 rings (SSSR count). The number of carbonyl (C=O) groups is 1. The third-order valence-electron chi connectivity index (χ3n) is 3.83. The van der Waals surface area contributed by atoms with Crippen LogP contribution < -0.4 is 16.6 Å². The first-order valence-corrected chi connectivity index (χ1v) is 7.97. The lowest BCUT2D eigenvalue weighted by molar-refractivity contribution is -0.144. The lowest BCUT2D eigenvalue weighted by Crippen LogP contribution is -2.40. The van der Waals surface area contributed by atoms with Gasteiger partial charge in [0.05, 0.1) is 28.2 Å². The lowest BCUT2D eigenvalue weighted by Gasteiger charge is -2.15. The largest absolute Gasteiger partial charge is 0.431 e. The van der Waals surface area contributed by atoms with Gasteiger partial charge in [0.1, 0.15) is 5.69 Å². The fraction of sp³-hybridized carbons (Fsp3) is 0.125. The van der Waals surface area contributed by atoms with Crippen molar-refractivity contribution in [2.24, 2.45) is 7.05 Å². The van der Waals surface area contributed by atoms with Crippen LogP contribution in [0.2, 0.25) is 5.02 Å². The zero-order chi connectivity index (χ0) is 20.6. The smallest absolute Gasteiger partial charge is 0.320 e. The molecule has 146 valence electrons. The highest BCUT2D eigenvalue weighted by molar-refractivity contribution is 6.34. The summed E-state index contributed by atoms with van der Waals surface area (Å²) < 4.78 is 39.7. The second kappa shape index (κ2) is 7.00. The van der Waals surface area contributed by atoms with Gasteiger partial charge in [0, 0.05) is 19.3 Å². The number of carbonyl (C=O) groups excluding carboxylic acids is 1. The van der Waals surface area contributed by atoms with Gasteiger partial charge in [-0.15, -0.1) is 0 Å². The van der Waals surface area contributed by atoms with Crippen molar-refractivity contribution in [2.45, 2.75) is 6.18 Å². The normalized spacial score (nSPS) is 11.5. The highest BCUT2D eigenvalue weighted by Crippen LogP contribution is 2.28. The van der Waals surface area contributed by atoms with Crippen LogP contribution in [0.15, 0.2) is 46.2 Å². The molecule has 3 aromatic rings. The molecule has 0 aliphatic carbocycles. The number of alkyl halides is 3. The van der Waals surface area contributed by atoms with Crippen molar-refractivity contribution in [3.05, 3.63) is 73.8 Å². The number of nitrogens with zero attached hydrogens (tertiary/aromatic N) is 3. The number of rotatable bonds is 3. The molecule has 0 unspecified atom stereocenters. The maximum atomic E-state index is 13.0. The van der Waals surface area contributed by atoms with E-state index in [1.807, 2.05) is 0 Å². The van der Waals surface area contributed by atoms with Crippen molar-refractivity contribution >= 4 is 23.2 Å². The summed E-state index contributed by atoms with van der Waals surface area (Å²) in [6.07, 6.45) is -2.26. The van der Waals surface area contributed by atoms with Gasteiger partial charge in [-0.05, 0) is 18.2 Å². The average molecular weight is 414 g/mol. The first-order valence-electron chi connectivity index (χ1n) is 7.60. The zero-order valence-electron chi connectivity index (χ0n) is 14.0. The van der Waals surface area contributed by atoms with Gasteiger partial charge in [0.2, 0.25) is 0 Å². The van der Waals surface area contributed by atoms with Crippen LogP contribution in [0.25, 0.3) is 5.69 Å². The van der Waals surface area contributed by atoms with Crippen molar-refractivity contribution in [2.75, 3.05) is 5.32 Å². The van der Waals surface area contributed by atoms with Gasteiger partial charge < -0.3 is 5.32 Å². The molecule has 0 aliphatic rings. The summed E-state index contributed by atoms with van der Waals surface area (Å²) in [6.45, 7) is 0. The van der Waals surface area contributed by atoms with E-state index in [2.05, 4.69) is 15.5 Å². The summed E-state index contributed by atoms with van der Waals surface area (Å²) in [5, 5.41) is 8.67. The number of H-pyrrole nitrogens is 1. The summed E-state index contributed by atoms with van der Waals surface area (Å²) in [5.41, 5.74) is -3.56. The number of aromatic nitrogens is 4. The molecule has 0 saturated heterocycles. The van der Waals surface area contributed by atoms with E-state index in [0.29, 0.717) is 15.2 Å². The highest BCUT2D eigenvalue weighted by Gasteiger charge is 2.35. The molecular formula is C16H11ClF3N5O3. The fourth-order valence-electron chi connectivity index (χ4n) is 2.45. The van der Waals surface area contributed by atoms with Gasteiger partial charge in [0.15, 0.2) is 0 Å². The van der Waals surface area contributed by atoms with Crippen LogP contribution in [-0.2, 0) is 13.2 Å². The van der Waals surface area contributed by atoms with Crippen LogP contribution in [0, 0.1) is 0 Å². The van der Waals surface area contributed by atoms with E-state index in [0.717, 1.165) is 7.05 Å². The molecule has 0 saturated carbocycles. The summed E-state index contributed by atoms with van der Waals surface area (Å²) in [6, 6.07) is 4.09. The predicted molar refractivity (Wildman–Crippen MR) is 93.8 cm³/mol. The van der Waals surface area contributed by atoms with E-state index in [4.69, 9.17) is 11.6 Å². The van der Waals surface area contributed by atoms with Crippen molar-refractivity contribution in [1.82, 2.24) is 19.3 Å². The van der Waals surface area contributed by atoms with E-state index in [1.165, 1.54) is 30.6 Å². The highest BCUT2D eigenvalue weighted by atomic mass is 35.5. The Bertz CT molecular complexity index is 1170. The van der Waals surface area contributed by atoms with Crippen molar-refractivity contribution < 1.29 is 18.0 Å². The van der Waals surface area contributed by atoms with Crippen LogP contribution in [0.5, 0.6) is 0 Å². The SMILES string of the molecule is Cn1c(C(F)(F)F)cc(=O)n(-c2ccc(Cl)c(NC(=O)c3cn[nH]c3)c2)c1=O. The van der Waals surface area contributed by atoms with Gasteiger partial charge in [-0.2, -0.15) is 18.3 Å². The van der Waals surface area contributed by atoms with E-state index in [1.54, 1.807) is 0 Å². The number of nitrogens with one attached hydrogen (secondary N) is 2. The van der Waals surface area contributed by atoms with Gasteiger partial charge in [-0.1, -0.05) is 11.6 Å². The zero-order valence-corrected chi connectivity index (χ0v) is 14.8. The Labute approximate surface area is 159 Å². The Morgan fingerprint density at radius 1 is 1.25 bits per heavy atom. The second-order valence-corrected chi connectivity index (χ2v) is 6.06. The molecule has 12 heteroatoms. The molecular weight excluding hydrogens is 403 g/mol. The molecule has 2 N–H and O–H groups in total. The Morgan fingerprint density at radius 2 is 1.96 bits per heavy atom. The average Bonchev–Trinajstić information content (AvgIpc) is 3.14. The number of halogens is 4. The number of hydrogen-bond donors (Lipinski definition) is 2. The van der Waals surface area contributed by atoms with Gasteiger partial charge in [-0.3, -0.25) is 19.3 Å². The van der Waals surface area contributed by atoms with E-state index in [9.17, 15) is 27.6 Å². The maximum Gasteiger partial charge on any atom is 0.431 e. The number of anilines is 1. The molecule has 8 nitrogen and oxygen atoms in total. The molecule has 2 heterocycles. The Hall–Kier alpha value is -3.34. The van der Waals surface area contributed by atoms with E-state index >= 15 is 0 Å². The van der Waals surface area contributed by atoms with Crippen LogP contribution in [0.4, 0.5) is 18.9 Å². The Balaban J connectivity index is 2.08. The van der Waals surface area contributed by atoms with Crippen molar-refractivity contribution in [3.63, 3.8) is 0 Å². The standard InChI is InChI=1S/C16H11ClF3N5O3/c1-24-12(16(18,19)20)5-13(26)25(15(24)28)9-2-3-10(17)11(4-9)23-14(27)8-6-21-22-7-8/h2-7H,1H3,(H,21,22)(H,23,27). The Morgan fingerprint density at radius 3 is 2.57 bits per heavy atom. The fourth-order valence-corrected chi connectivity index (χ4v) is 2.62. The first-order chi connectivity index (χ1) is 13.1. The van der Waals surface area contributed by atoms with Crippen LogP contribution in [0.1, 0.15) is 16.1 Å². The Kier molecular flexibility index (Phi) is 4.86. The minimum absolute atomic E-state index is 0.0548. The number of benzene rings is 1. The summed E-state index contributed by atoms with van der Waals surface area (Å²) in [7, 11) is 0.901. The molecule has 0 bridgehead atoms. The van der Waals surface area contributed by atoms with Crippen LogP contribution in [-0.4, -0.2) is 25.2 Å². The minimum atomic E-state index is -4.87. The van der Waals surface area contributed by atoms with Crippen LogP contribution in [0.3, 0.4) is 0 Å². The minimum Gasteiger partial charge on any atom is -0.320 e. The molecule has 2 aromatic heterocycles. The van der Waals surface area contributed by atoms with Crippen molar-refractivity contribution in [1.29, 1.82) is 0 Å².